The van der Waals surface area contributed by atoms with Crippen LogP contribution in [0, 0.1) is 0 Å². The Hall–Kier alpha value is -2.21. The van der Waals surface area contributed by atoms with Crippen molar-refractivity contribution in [3.05, 3.63) is 53.3 Å². The largest absolute Gasteiger partial charge is 0.494 e. The fraction of sp³-hybridized carbons (Fsp3) is 0.0714. The van der Waals surface area contributed by atoms with Crippen LogP contribution in [0.25, 0.3) is 17.1 Å². The molecule has 2 heterocycles. The van der Waals surface area contributed by atoms with Gasteiger partial charge in [-0.2, -0.15) is 0 Å². The van der Waals surface area contributed by atoms with Crippen molar-refractivity contribution >= 4 is 15.9 Å². The summed E-state index contributed by atoms with van der Waals surface area (Å²) in [6.07, 6.45) is 3.56. The minimum Gasteiger partial charge on any atom is -0.494 e. The summed E-state index contributed by atoms with van der Waals surface area (Å²) in [6.45, 7) is 0. The predicted molar refractivity (Wildman–Crippen MR) is 78.8 cm³/mol. The Balaban J connectivity index is 2.00. The second-order valence-electron chi connectivity index (χ2n) is 4.08. The second kappa shape index (κ2) is 5.42. The fourth-order valence-corrected chi connectivity index (χ4v) is 2.08. The van der Waals surface area contributed by atoms with Crippen molar-refractivity contribution in [2.24, 2.45) is 0 Å². The lowest BCUT2D eigenvalue weighted by molar-refractivity contribution is 0.411. The average Bonchev–Trinajstić information content (AvgIpc) is 2.97. The zero-order valence-corrected chi connectivity index (χ0v) is 12.3. The predicted octanol–water partition coefficient (Wildman–Crippen LogP) is 3.10. The molecule has 0 fully saturated rings. The standard InChI is InChI=1S/C14H11BrN4O/c1-20-14-5-3-2-4-13(14)19-9-12(17-18-19)11-7-6-10(15)8-16-11/h2-9H,1H3. The van der Waals surface area contributed by atoms with Gasteiger partial charge in [0.1, 0.15) is 17.1 Å². The number of hydrogen-bond acceptors (Lipinski definition) is 4. The third kappa shape index (κ3) is 2.42. The number of pyridine rings is 1. The highest BCUT2D eigenvalue weighted by molar-refractivity contribution is 9.10. The first kappa shape index (κ1) is 12.8. The zero-order chi connectivity index (χ0) is 13.9. The second-order valence-corrected chi connectivity index (χ2v) is 5.00. The van der Waals surface area contributed by atoms with E-state index >= 15 is 0 Å². The topological polar surface area (TPSA) is 52.8 Å². The van der Waals surface area contributed by atoms with Crippen LogP contribution in [-0.4, -0.2) is 27.1 Å². The summed E-state index contributed by atoms with van der Waals surface area (Å²) in [6, 6.07) is 11.5. The first-order valence-electron chi connectivity index (χ1n) is 5.95. The number of ether oxygens (including phenoxy) is 1. The number of rotatable bonds is 3. The number of hydrogen-bond donors (Lipinski definition) is 0. The van der Waals surface area contributed by atoms with Crippen LogP contribution in [0.2, 0.25) is 0 Å². The molecule has 0 spiro atoms. The molecule has 0 aliphatic rings. The van der Waals surface area contributed by atoms with Crippen molar-refractivity contribution in [1.82, 2.24) is 20.0 Å². The van der Waals surface area contributed by atoms with Gasteiger partial charge in [-0.05, 0) is 40.2 Å². The Labute approximate surface area is 124 Å². The van der Waals surface area contributed by atoms with E-state index in [2.05, 4.69) is 31.2 Å². The molecule has 20 heavy (non-hydrogen) atoms. The van der Waals surface area contributed by atoms with E-state index in [9.17, 15) is 0 Å². The molecule has 3 aromatic rings. The lowest BCUT2D eigenvalue weighted by Crippen LogP contribution is -1.98. The Kier molecular flexibility index (Phi) is 3.47. The van der Waals surface area contributed by atoms with Gasteiger partial charge in [-0.3, -0.25) is 4.98 Å². The van der Waals surface area contributed by atoms with Gasteiger partial charge < -0.3 is 4.74 Å². The van der Waals surface area contributed by atoms with Crippen molar-refractivity contribution in [2.75, 3.05) is 7.11 Å². The van der Waals surface area contributed by atoms with Crippen LogP contribution in [0.3, 0.4) is 0 Å². The number of methoxy groups -OCH3 is 1. The summed E-state index contributed by atoms with van der Waals surface area (Å²) in [7, 11) is 1.63. The smallest absolute Gasteiger partial charge is 0.144 e. The molecule has 100 valence electrons. The van der Waals surface area contributed by atoms with E-state index in [0.29, 0.717) is 5.69 Å². The highest BCUT2D eigenvalue weighted by atomic mass is 79.9. The van der Waals surface area contributed by atoms with Gasteiger partial charge in [0, 0.05) is 10.7 Å². The average molecular weight is 331 g/mol. The summed E-state index contributed by atoms with van der Waals surface area (Å²) < 4.78 is 7.93. The molecule has 0 N–H and O–H groups in total. The van der Waals surface area contributed by atoms with E-state index < -0.39 is 0 Å². The number of aromatic nitrogens is 4. The molecule has 2 aromatic heterocycles. The molecule has 6 heteroatoms. The summed E-state index contributed by atoms with van der Waals surface area (Å²) in [5, 5.41) is 8.28. The van der Waals surface area contributed by atoms with Crippen LogP contribution in [0.15, 0.2) is 53.3 Å². The molecular weight excluding hydrogens is 320 g/mol. The maximum atomic E-state index is 5.32. The molecule has 1 aromatic carbocycles. The van der Waals surface area contributed by atoms with Gasteiger partial charge in [-0.25, -0.2) is 4.68 Å². The molecule has 0 bridgehead atoms. The highest BCUT2D eigenvalue weighted by Crippen LogP contribution is 2.23. The minimum atomic E-state index is 0.711. The fourth-order valence-electron chi connectivity index (χ4n) is 1.85. The Morgan fingerprint density at radius 1 is 1.10 bits per heavy atom. The summed E-state index contributed by atoms with van der Waals surface area (Å²) in [4.78, 5) is 4.30. The lowest BCUT2D eigenvalue weighted by Gasteiger charge is -2.06. The van der Waals surface area contributed by atoms with Gasteiger partial charge in [0.15, 0.2) is 0 Å². The quantitative estimate of drug-likeness (QED) is 0.740. The SMILES string of the molecule is COc1ccccc1-n1cc(-c2ccc(Br)cn2)nn1. The van der Waals surface area contributed by atoms with E-state index in [1.54, 1.807) is 18.0 Å². The van der Waals surface area contributed by atoms with Gasteiger partial charge in [0.05, 0.1) is 19.0 Å². The molecule has 0 radical (unpaired) electrons. The van der Waals surface area contributed by atoms with Crippen LogP contribution in [0.5, 0.6) is 5.75 Å². The van der Waals surface area contributed by atoms with Crippen LogP contribution in [0.4, 0.5) is 0 Å². The van der Waals surface area contributed by atoms with Gasteiger partial charge >= 0.3 is 0 Å². The van der Waals surface area contributed by atoms with Gasteiger partial charge in [-0.15, -0.1) is 5.10 Å². The first-order chi connectivity index (χ1) is 9.78. The minimum absolute atomic E-state index is 0.711. The lowest BCUT2D eigenvalue weighted by atomic mass is 10.3. The third-order valence-electron chi connectivity index (χ3n) is 2.82. The van der Waals surface area contributed by atoms with Crippen LogP contribution in [-0.2, 0) is 0 Å². The molecular formula is C14H11BrN4O. The number of benzene rings is 1. The van der Waals surface area contributed by atoms with E-state index in [4.69, 9.17) is 4.74 Å². The molecule has 0 aliphatic heterocycles. The van der Waals surface area contributed by atoms with E-state index in [1.165, 1.54) is 0 Å². The molecule has 0 saturated heterocycles. The Bertz CT molecular complexity index is 724. The number of nitrogens with zero attached hydrogens (tertiary/aromatic N) is 4. The van der Waals surface area contributed by atoms with Gasteiger partial charge in [-0.1, -0.05) is 17.3 Å². The maximum Gasteiger partial charge on any atom is 0.144 e. The number of para-hydroxylation sites is 2. The van der Waals surface area contributed by atoms with Crippen molar-refractivity contribution in [3.8, 4) is 22.8 Å². The monoisotopic (exact) mass is 330 g/mol. The molecule has 3 rings (SSSR count). The Morgan fingerprint density at radius 3 is 2.70 bits per heavy atom. The molecule has 5 nitrogen and oxygen atoms in total. The van der Waals surface area contributed by atoms with Gasteiger partial charge in [0.2, 0.25) is 0 Å². The normalized spacial score (nSPS) is 10.5. The van der Waals surface area contributed by atoms with Crippen LogP contribution >= 0.6 is 15.9 Å². The molecule has 0 saturated carbocycles. The summed E-state index contributed by atoms with van der Waals surface area (Å²) in [5.74, 6) is 0.743. The Morgan fingerprint density at radius 2 is 1.95 bits per heavy atom. The highest BCUT2D eigenvalue weighted by Gasteiger charge is 2.09. The maximum absolute atomic E-state index is 5.32. The van der Waals surface area contributed by atoms with E-state index in [1.807, 2.05) is 42.6 Å². The van der Waals surface area contributed by atoms with Crippen LogP contribution < -0.4 is 4.74 Å². The van der Waals surface area contributed by atoms with Crippen molar-refractivity contribution in [1.29, 1.82) is 0 Å². The molecule has 0 amide bonds. The van der Waals surface area contributed by atoms with Crippen LogP contribution in [0.1, 0.15) is 0 Å². The zero-order valence-electron chi connectivity index (χ0n) is 10.7. The van der Waals surface area contributed by atoms with Crippen molar-refractivity contribution in [2.45, 2.75) is 0 Å². The van der Waals surface area contributed by atoms with E-state index in [0.717, 1.165) is 21.6 Å². The molecule has 0 aliphatic carbocycles. The molecule has 0 atom stereocenters. The first-order valence-corrected chi connectivity index (χ1v) is 6.75. The third-order valence-corrected chi connectivity index (χ3v) is 3.28. The van der Waals surface area contributed by atoms with E-state index in [-0.39, 0.29) is 0 Å². The van der Waals surface area contributed by atoms with Crippen molar-refractivity contribution in [3.63, 3.8) is 0 Å². The summed E-state index contributed by atoms with van der Waals surface area (Å²) >= 11 is 3.36. The molecule has 0 unspecified atom stereocenters. The number of halogens is 1. The summed E-state index contributed by atoms with van der Waals surface area (Å²) in [5.41, 5.74) is 2.32. The van der Waals surface area contributed by atoms with Crippen molar-refractivity contribution < 1.29 is 4.74 Å². The van der Waals surface area contributed by atoms with Gasteiger partial charge in [0.25, 0.3) is 0 Å².